The summed E-state index contributed by atoms with van der Waals surface area (Å²) in [4.78, 5) is 32.0. The van der Waals surface area contributed by atoms with Crippen molar-refractivity contribution < 1.29 is 9.59 Å². The first-order valence-electron chi connectivity index (χ1n) is 12.0. The lowest BCUT2D eigenvalue weighted by atomic mass is 10.1. The maximum Gasteiger partial charge on any atom is 0.253 e. The van der Waals surface area contributed by atoms with Crippen molar-refractivity contribution in [2.24, 2.45) is 0 Å². The molecule has 5 rings (SSSR count). The molecule has 7 nitrogen and oxygen atoms in total. The molecule has 1 aromatic heterocycles. The summed E-state index contributed by atoms with van der Waals surface area (Å²) >= 11 is 0. The lowest BCUT2D eigenvalue weighted by molar-refractivity contribution is -0.120. The van der Waals surface area contributed by atoms with Gasteiger partial charge in [-0.15, -0.1) is 0 Å². The van der Waals surface area contributed by atoms with Crippen LogP contribution in [0.5, 0.6) is 0 Å². The molecule has 2 aromatic carbocycles. The van der Waals surface area contributed by atoms with Gasteiger partial charge in [-0.05, 0) is 55.7 Å². The summed E-state index contributed by atoms with van der Waals surface area (Å²) in [7, 11) is 0. The van der Waals surface area contributed by atoms with Crippen molar-refractivity contribution in [3.05, 3.63) is 82.7 Å². The van der Waals surface area contributed by atoms with Gasteiger partial charge < -0.3 is 9.80 Å². The van der Waals surface area contributed by atoms with E-state index in [4.69, 9.17) is 0 Å². The highest BCUT2D eigenvalue weighted by atomic mass is 16.2. The number of anilines is 1. The number of amides is 2. The van der Waals surface area contributed by atoms with Crippen molar-refractivity contribution >= 4 is 17.5 Å². The number of rotatable bonds is 5. The molecule has 0 bridgehead atoms. The summed E-state index contributed by atoms with van der Waals surface area (Å²) in [6.07, 6.45) is 0.919. The molecule has 1 saturated heterocycles. The zero-order chi connectivity index (χ0) is 23.7. The summed E-state index contributed by atoms with van der Waals surface area (Å²) < 4.78 is 1.97. The highest BCUT2D eigenvalue weighted by molar-refractivity contribution is 5.97. The fourth-order valence-corrected chi connectivity index (χ4v) is 4.98. The third-order valence-electron chi connectivity index (χ3n) is 6.82. The van der Waals surface area contributed by atoms with Gasteiger partial charge in [-0.2, -0.15) is 5.10 Å². The van der Waals surface area contributed by atoms with Gasteiger partial charge in [0.2, 0.25) is 5.91 Å². The molecule has 2 aliphatic heterocycles. The minimum absolute atomic E-state index is 0.0506. The van der Waals surface area contributed by atoms with E-state index in [1.54, 1.807) is 0 Å². The zero-order valence-electron chi connectivity index (χ0n) is 19.9. The molecule has 34 heavy (non-hydrogen) atoms. The molecular formula is C27H31N5O2. The van der Waals surface area contributed by atoms with Crippen LogP contribution >= 0.6 is 0 Å². The van der Waals surface area contributed by atoms with Crippen LogP contribution < -0.4 is 4.90 Å². The van der Waals surface area contributed by atoms with Crippen LogP contribution in [0.4, 0.5) is 5.69 Å². The van der Waals surface area contributed by atoms with Gasteiger partial charge in [0.25, 0.3) is 5.91 Å². The van der Waals surface area contributed by atoms with Gasteiger partial charge in [-0.25, -0.2) is 0 Å². The van der Waals surface area contributed by atoms with E-state index in [0.29, 0.717) is 44.8 Å². The molecule has 2 aliphatic rings. The van der Waals surface area contributed by atoms with Gasteiger partial charge in [0.1, 0.15) is 0 Å². The molecule has 0 radical (unpaired) electrons. The molecule has 0 unspecified atom stereocenters. The Bertz CT molecular complexity index is 1210. The molecule has 7 heteroatoms. The number of aromatic nitrogens is 2. The highest BCUT2D eigenvalue weighted by Crippen LogP contribution is 2.27. The third-order valence-corrected chi connectivity index (χ3v) is 6.82. The number of hydrogen-bond donors (Lipinski definition) is 0. The first kappa shape index (κ1) is 22.3. The molecule has 2 amide bonds. The highest BCUT2D eigenvalue weighted by Gasteiger charge is 2.28. The Morgan fingerprint density at radius 1 is 0.912 bits per heavy atom. The number of carbonyl (C=O) groups is 2. The van der Waals surface area contributed by atoms with Crippen LogP contribution in [-0.2, 0) is 17.8 Å². The van der Waals surface area contributed by atoms with Crippen LogP contribution in [0.25, 0.3) is 0 Å². The Balaban J connectivity index is 1.16. The summed E-state index contributed by atoms with van der Waals surface area (Å²) in [5.41, 5.74) is 6.16. The molecule has 3 aromatic rings. The smallest absolute Gasteiger partial charge is 0.253 e. The second-order valence-electron chi connectivity index (χ2n) is 9.28. The van der Waals surface area contributed by atoms with E-state index in [9.17, 15) is 9.59 Å². The number of nitrogens with zero attached hydrogens (tertiary/aromatic N) is 5. The topological polar surface area (TPSA) is 61.7 Å². The molecule has 3 heterocycles. The van der Waals surface area contributed by atoms with Crippen molar-refractivity contribution in [3.63, 3.8) is 0 Å². The van der Waals surface area contributed by atoms with Crippen LogP contribution in [0.15, 0.2) is 54.6 Å². The molecule has 0 spiro atoms. The molecule has 1 fully saturated rings. The Morgan fingerprint density at radius 2 is 1.71 bits per heavy atom. The Kier molecular flexibility index (Phi) is 6.20. The van der Waals surface area contributed by atoms with Crippen LogP contribution in [0, 0.1) is 13.8 Å². The number of benzene rings is 2. The second kappa shape index (κ2) is 9.43. The van der Waals surface area contributed by atoms with Gasteiger partial charge in [-0.3, -0.25) is 19.2 Å². The predicted molar refractivity (Wildman–Crippen MR) is 132 cm³/mol. The second-order valence-corrected chi connectivity index (χ2v) is 9.28. The zero-order valence-corrected chi connectivity index (χ0v) is 19.9. The van der Waals surface area contributed by atoms with Gasteiger partial charge in [0.05, 0.1) is 18.8 Å². The van der Waals surface area contributed by atoms with Crippen LogP contribution in [-0.4, -0.2) is 70.7 Å². The van der Waals surface area contributed by atoms with Gasteiger partial charge in [0.15, 0.2) is 0 Å². The van der Waals surface area contributed by atoms with Crippen molar-refractivity contribution in [1.29, 1.82) is 0 Å². The summed E-state index contributed by atoms with van der Waals surface area (Å²) in [6.45, 7) is 8.50. The molecule has 0 atom stereocenters. The normalized spacial score (nSPS) is 16.1. The Morgan fingerprint density at radius 3 is 2.47 bits per heavy atom. The van der Waals surface area contributed by atoms with Crippen molar-refractivity contribution in [1.82, 2.24) is 19.6 Å². The number of hydrogen-bond acceptors (Lipinski definition) is 4. The lowest BCUT2D eigenvalue weighted by Crippen LogP contribution is -2.51. The minimum Gasteiger partial charge on any atom is -0.336 e. The lowest BCUT2D eigenvalue weighted by Gasteiger charge is -2.35. The third kappa shape index (κ3) is 4.61. The average molecular weight is 458 g/mol. The van der Waals surface area contributed by atoms with Crippen LogP contribution in [0.3, 0.4) is 0 Å². The van der Waals surface area contributed by atoms with Crippen molar-refractivity contribution in [3.8, 4) is 0 Å². The van der Waals surface area contributed by atoms with E-state index in [2.05, 4.69) is 22.1 Å². The van der Waals surface area contributed by atoms with E-state index < -0.39 is 0 Å². The number of para-hydroxylation sites is 1. The molecule has 0 aliphatic carbocycles. The van der Waals surface area contributed by atoms with Crippen molar-refractivity contribution in [2.75, 3.05) is 44.2 Å². The number of aryl methyl sites for hydroxylation is 2. The number of piperazine rings is 1. The standard InChI is InChI=1S/C27H31N5O2/c1-20-16-21(2)32(28-20)18-22-6-5-8-24(17-22)27(34)30-14-12-29(13-15-30)19-26(33)31-11-10-23-7-3-4-9-25(23)31/h3-9,16-17H,10-15,18-19H2,1-2H3. The van der Waals surface area contributed by atoms with Gasteiger partial charge in [0, 0.05) is 49.7 Å². The van der Waals surface area contributed by atoms with Gasteiger partial charge in [-0.1, -0.05) is 30.3 Å². The average Bonchev–Trinajstić information content (AvgIpc) is 3.41. The van der Waals surface area contributed by atoms with E-state index in [1.165, 1.54) is 5.56 Å². The molecule has 0 saturated carbocycles. The van der Waals surface area contributed by atoms with E-state index in [0.717, 1.165) is 35.6 Å². The predicted octanol–water partition coefficient (Wildman–Crippen LogP) is 2.90. The monoisotopic (exact) mass is 457 g/mol. The number of carbonyl (C=O) groups excluding carboxylic acids is 2. The minimum atomic E-state index is 0.0506. The summed E-state index contributed by atoms with van der Waals surface area (Å²) in [6, 6.07) is 18.0. The first-order chi connectivity index (χ1) is 16.5. The first-order valence-corrected chi connectivity index (χ1v) is 12.0. The summed E-state index contributed by atoms with van der Waals surface area (Å²) in [5, 5.41) is 4.53. The number of fused-ring (bicyclic) bond motifs is 1. The van der Waals surface area contributed by atoms with E-state index in [1.807, 2.05) is 70.8 Å². The molecular weight excluding hydrogens is 426 g/mol. The molecule has 176 valence electrons. The van der Waals surface area contributed by atoms with Crippen molar-refractivity contribution in [2.45, 2.75) is 26.8 Å². The fraction of sp³-hybridized carbons (Fsp3) is 0.370. The quantitative estimate of drug-likeness (QED) is 0.591. The molecule has 0 N–H and O–H groups in total. The fourth-order valence-electron chi connectivity index (χ4n) is 4.98. The Labute approximate surface area is 200 Å². The van der Waals surface area contributed by atoms with Crippen LogP contribution in [0.2, 0.25) is 0 Å². The SMILES string of the molecule is Cc1cc(C)n(Cc2cccc(C(=O)N3CCN(CC(=O)N4CCc5ccccc54)CC3)c2)n1. The maximum atomic E-state index is 13.2. The van der Waals surface area contributed by atoms with Gasteiger partial charge >= 0.3 is 0 Å². The largest absolute Gasteiger partial charge is 0.336 e. The Hall–Kier alpha value is -3.45. The van der Waals surface area contributed by atoms with Crippen LogP contribution in [0.1, 0.15) is 32.9 Å². The van der Waals surface area contributed by atoms with E-state index >= 15 is 0 Å². The summed E-state index contributed by atoms with van der Waals surface area (Å²) in [5.74, 6) is 0.191. The maximum absolute atomic E-state index is 13.2. The van der Waals surface area contributed by atoms with E-state index in [-0.39, 0.29) is 11.8 Å².